The second-order valence-electron chi connectivity index (χ2n) is 4.77. The number of phenols is 2. The molecular formula is C16H17NO3. The molecule has 3 N–H and O–H groups in total. The number of nitrogens with one attached hydrogen (secondary N) is 1. The summed E-state index contributed by atoms with van der Waals surface area (Å²) >= 11 is 0. The maximum atomic E-state index is 11.8. The number of phenolic OH excluding ortho intramolecular Hbond substituents is 2. The quantitative estimate of drug-likeness (QED) is 0.747. The Kier molecular flexibility index (Phi) is 4.25. The second-order valence-corrected chi connectivity index (χ2v) is 4.77. The van der Waals surface area contributed by atoms with Crippen molar-refractivity contribution in [3.63, 3.8) is 0 Å². The summed E-state index contributed by atoms with van der Waals surface area (Å²) in [6, 6.07) is 12.3. The van der Waals surface area contributed by atoms with E-state index in [2.05, 4.69) is 5.32 Å². The molecule has 0 saturated heterocycles. The Bertz CT molecular complexity index is 623. The van der Waals surface area contributed by atoms with Crippen LogP contribution in [-0.2, 0) is 17.8 Å². The van der Waals surface area contributed by atoms with Gasteiger partial charge in [-0.1, -0.05) is 35.9 Å². The van der Waals surface area contributed by atoms with E-state index in [1.54, 1.807) is 6.07 Å². The maximum Gasteiger partial charge on any atom is 0.224 e. The average molecular weight is 271 g/mol. The Morgan fingerprint density at radius 2 is 1.85 bits per heavy atom. The molecule has 0 saturated carbocycles. The van der Waals surface area contributed by atoms with Gasteiger partial charge in [-0.15, -0.1) is 0 Å². The van der Waals surface area contributed by atoms with Crippen molar-refractivity contribution in [1.29, 1.82) is 0 Å². The van der Waals surface area contributed by atoms with Crippen LogP contribution in [0.1, 0.15) is 16.7 Å². The molecule has 2 rings (SSSR count). The summed E-state index contributed by atoms with van der Waals surface area (Å²) < 4.78 is 0. The first kappa shape index (κ1) is 13.9. The topological polar surface area (TPSA) is 69.6 Å². The van der Waals surface area contributed by atoms with Crippen molar-refractivity contribution >= 4 is 5.91 Å². The standard InChI is InChI=1S/C16H17NO3/c1-11-3-2-4-13(7-11)10-17-16(20)9-12-5-6-14(18)15(19)8-12/h2-8,18-19H,9-10H2,1H3,(H,17,20). The SMILES string of the molecule is Cc1cccc(CNC(=O)Cc2ccc(O)c(O)c2)c1. The van der Waals surface area contributed by atoms with Crippen molar-refractivity contribution in [2.75, 3.05) is 0 Å². The molecule has 2 aromatic carbocycles. The van der Waals surface area contributed by atoms with Gasteiger partial charge in [-0.3, -0.25) is 4.79 Å². The van der Waals surface area contributed by atoms with Crippen molar-refractivity contribution in [1.82, 2.24) is 5.32 Å². The third-order valence-corrected chi connectivity index (χ3v) is 2.98. The molecule has 0 bridgehead atoms. The Labute approximate surface area is 117 Å². The van der Waals surface area contributed by atoms with E-state index < -0.39 is 0 Å². The molecule has 0 unspecified atom stereocenters. The number of carbonyl (C=O) groups excluding carboxylic acids is 1. The van der Waals surface area contributed by atoms with Crippen LogP contribution in [0.15, 0.2) is 42.5 Å². The zero-order valence-electron chi connectivity index (χ0n) is 11.3. The van der Waals surface area contributed by atoms with Gasteiger partial charge in [0, 0.05) is 6.54 Å². The first-order chi connectivity index (χ1) is 9.54. The highest BCUT2D eigenvalue weighted by atomic mass is 16.3. The van der Waals surface area contributed by atoms with Crippen LogP contribution in [0.3, 0.4) is 0 Å². The minimum atomic E-state index is -0.214. The van der Waals surface area contributed by atoms with E-state index in [-0.39, 0.29) is 23.8 Å². The Morgan fingerprint density at radius 3 is 2.55 bits per heavy atom. The van der Waals surface area contributed by atoms with E-state index in [0.29, 0.717) is 12.1 Å². The van der Waals surface area contributed by atoms with E-state index >= 15 is 0 Å². The Balaban J connectivity index is 1.91. The lowest BCUT2D eigenvalue weighted by Gasteiger charge is -2.07. The zero-order chi connectivity index (χ0) is 14.5. The maximum absolute atomic E-state index is 11.8. The van der Waals surface area contributed by atoms with Crippen LogP contribution in [0.5, 0.6) is 11.5 Å². The molecule has 20 heavy (non-hydrogen) atoms. The van der Waals surface area contributed by atoms with Crippen LogP contribution in [0.2, 0.25) is 0 Å². The Hall–Kier alpha value is -2.49. The molecule has 0 aliphatic carbocycles. The van der Waals surface area contributed by atoms with Gasteiger partial charge in [-0.2, -0.15) is 0 Å². The molecule has 0 radical (unpaired) electrons. The predicted molar refractivity (Wildman–Crippen MR) is 76.5 cm³/mol. The molecule has 4 heteroatoms. The molecule has 0 aromatic heterocycles. The molecule has 0 aliphatic rings. The highest BCUT2D eigenvalue weighted by Crippen LogP contribution is 2.24. The molecule has 2 aromatic rings. The number of aryl methyl sites for hydroxylation is 1. The lowest BCUT2D eigenvalue weighted by atomic mass is 10.1. The molecular weight excluding hydrogens is 254 g/mol. The van der Waals surface area contributed by atoms with Crippen molar-refractivity contribution in [3.05, 3.63) is 59.2 Å². The van der Waals surface area contributed by atoms with Gasteiger partial charge in [-0.05, 0) is 30.2 Å². The van der Waals surface area contributed by atoms with Gasteiger partial charge in [0.15, 0.2) is 11.5 Å². The molecule has 0 atom stereocenters. The summed E-state index contributed by atoms with van der Waals surface area (Å²) in [5.74, 6) is -0.528. The number of hydrogen-bond acceptors (Lipinski definition) is 3. The van der Waals surface area contributed by atoms with E-state index in [1.807, 2.05) is 31.2 Å². The van der Waals surface area contributed by atoms with E-state index in [4.69, 9.17) is 0 Å². The van der Waals surface area contributed by atoms with Gasteiger partial charge in [0.2, 0.25) is 5.91 Å². The minimum absolute atomic E-state index is 0.128. The van der Waals surface area contributed by atoms with Crippen LogP contribution in [-0.4, -0.2) is 16.1 Å². The molecule has 0 aliphatic heterocycles. The highest BCUT2D eigenvalue weighted by Gasteiger charge is 2.06. The normalized spacial score (nSPS) is 10.2. The third-order valence-electron chi connectivity index (χ3n) is 2.98. The number of benzene rings is 2. The van der Waals surface area contributed by atoms with Gasteiger partial charge in [0.05, 0.1) is 6.42 Å². The third kappa shape index (κ3) is 3.75. The monoisotopic (exact) mass is 271 g/mol. The van der Waals surface area contributed by atoms with Crippen molar-refractivity contribution in [2.45, 2.75) is 19.9 Å². The highest BCUT2D eigenvalue weighted by molar-refractivity contribution is 5.78. The number of amides is 1. The van der Waals surface area contributed by atoms with Crippen LogP contribution in [0.25, 0.3) is 0 Å². The predicted octanol–water partition coefficient (Wildman–Crippen LogP) is 2.27. The van der Waals surface area contributed by atoms with Gasteiger partial charge in [0.25, 0.3) is 0 Å². The number of carbonyl (C=O) groups is 1. The van der Waals surface area contributed by atoms with E-state index in [1.165, 1.54) is 12.1 Å². The molecule has 0 heterocycles. The first-order valence-electron chi connectivity index (χ1n) is 6.37. The molecule has 0 spiro atoms. The van der Waals surface area contributed by atoms with Gasteiger partial charge in [0.1, 0.15) is 0 Å². The summed E-state index contributed by atoms with van der Waals surface area (Å²) in [5.41, 5.74) is 2.86. The summed E-state index contributed by atoms with van der Waals surface area (Å²) in [4.78, 5) is 11.8. The molecule has 4 nitrogen and oxygen atoms in total. The molecule has 1 amide bonds. The molecule has 0 fully saturated rings. The van der Waals surface area contributed by atoms with E-state index in [9.17, 15) is 15.0 Å². The molecule has 104 valence electrons. The lowest BCUT2D eigenvalue weighted by Crippen LogP contribution is -2.24. The van der Waals surface area contributed by atoms with Crippen LogP contribution in [0, 0.1) is 6.92 Å². The first-order valence-corrected chi connectivity index (χ1v) is 6.37. The van der Waals surface area contributed by atoms with Crippen molar-refractivity contribution in [3.8, 4) is 11.5 Å². The smallest absolute Gasteiger partial charge is 0.224 e. The van der Waals surface area contributed by atoms with E-state index in [0.717, 1.165) is 11.1 Å². The van der Waals surface area contributed by atoms with Crippen LogP contribution < -0.4 is 5.32 Å². The van der Waals surface area contributed by atoms with Crippen LogP contribution >= 0.6 is 0 Å². The second kappa shape index (κ2) is 6.10. The zero-order valence-corrected chi connectivity index (χ0v) is 11.3. The fraction of sp³-hybridized carbons (Fsp3) is 0.188. The number of aromatic hydroxyl groups is 2. The van der Waals surface area contributed by atoms with Crippen molar-refractivity contribution in [2.24, 2.45) is 0 Å². The largest absolute Gasteiger partial charge is 0.504 e. The van der Waals surface area contributed by atoms with Gasteiger partial charge in [-0.25, -0.2) is 0 Å². The summed E-state index contributed by atoms with van der Waals surface area (Å²) in [7, 11) is 0. The lowest BCUT2D eigenvalue weighted by molar-refractivity contribution is -0.120. The van der Waals surface area contributed by atoms with Crippen LogP contribution in [0.4, 0.5) is 0 Å². The van der Waals surface area contributed by atoms with Gasteiger partial charge >= 0.3 is 0 Å². The fourth-order valence-electron chi connectivity index (χ4n) is 1.95. The Morgan fingerprint density at radius 1 is 1.05 bits per heavy atom. The fourth-order valence-corrected chi connectivity index (χ4v) is 1.95. The van der Waals surface area contributed by atoms with Gasteiger partial charge < -0.3 is 15.5 Å². The number of hydrogen-bond donors (Lipinski definition) is 3. The van der Waals surface area contributed by atoms with Crippen molar-refractivity contribution < 1.29 is 15.0 Å². The summed E-state index contributed by atoms with van der Waals surface area (Å²) in [6.07, 6.45) is 0.166. The summed E-state index contributed by atoms with van der Waals surface area (Å²) in [5, 5.41) is 21.4. The minimum Gasteiger partial charge on any atom is -0.504 e. The average Bonchev–Trinajstić information content (AvgIpc) is 2.41. The number of rotatable bonds is 4. The summed E-state index contributed by atoms with van der Waals surface area (Å²) in [6.45, 7) is 2.48.